The van der Waals surface area contributed by atoms with Gasteiger partial charge < -0.3 is 9.64 Å². The largest absolute Gasteiger partial charge is 0.489 e. The molecule has 1 aromatic carbocycles. The van der Waals surface area contributed by atoms with E-state index in [4.69, 9.17) is 4.74 Å². The molecule has 0 saturated heterocycles. The zero-order valence-corrected chi connectivity index (χ0v) is 19.8. The molecule has 0 N–H and O–H groups in total. The third kappa shape index (κ3) is 3.38. The van der Waals surface area contributed by atoms with Crippen LogP contribution in [0.4, 0.5) is 0 Å². The van der Waals surface area contributed by atoms with E-state index in [0.29, 0.717) is 24.2 Å². The van der Waals surface area contributed by atoms with Crippen molar-refractivity contribution in [3.63, 3.8) is 0 Å². The summed E-state index contributed by atoms with van der Waals surface area (Å²) in [5.74, 6) is 2.39. The van der Waals surface area contributed by atoms with Crippen LogP contribution in [0.25, 0.3) is 10.8 Å². The lowest BCUT2D eigenvalue weighted by atomic mass is 9.64. The summed E-state index contributed by atoms with van der Waals surface area (Å²) in [5, 5.41) is 2.45. The first-order chi connectivity index (χ1) is 15.9. The molecule has 0 bridgehead atoms. The Kier molecular flexibility index (Phi) is 4.84. The molecule has 1 saturated carbocycles. The van der Waals surface area contributed by atoms with Crippen LogP contribution < -0.4 is 0 Å². The molecular weight excluding hydrogens is 408 g/mol. The fourth-order valence-corrected chi connectivity index (χ4v) is 6.88. The standard InChI is InChI=1S/C29H32N2O2/c1-29-10-8-21-15-23-26(32)12-18(17-31(2)3)13-27(23)33-28(21)25(29)7-6-24(29)20-5-4-19-9-11-30-16-22(19)14-20/h4-5,8-11,14-16,18,24-25,28H,6-7,12-13,17H2,1-3H3/t18?,24-,25+,28-,29-/m1/s1. The summed E-state index contributed by atoms with van der Waals surface area (Å²) in [4.78, 5) is 19.4. The number of carbonyl (C=O) groups is 1. The molecule has 2 aromatic rings. The quantitative estimate of drug-likeness (QED) is 0.639. The summed E-state index contributed by atoms with van der Waals surface area (Å²) in [6, 6.07) is 8.93. The molecule has 0 spiro atoms. The number of pyridine rings is 1. The highest BCUT2D eigenvalue weighted by molar-refractivity contribution is 6.00. The number of fused-ring (bicyclic) bond motifs is 4. The van der Waals surface area contributed by atoms with Gasteiger partial charge in [-0.1, -0.05) is 31.2 Å². The minimum atomic E-state index is 0.0394. The maximum absolute atomic E-state index is 12.9. The first-order valence-corrected chi connectivity index (χ1v) is 12.2. The Morgan fingerprint density at radius 2 is 2.03 bits per heavy atom. The maximum Gasteiger partial charge on any atom is 0.166 e. The van der Waals surface area contributed by atoms with Gasteiger partial charge in [0.15, 0.2) is 5.78 Å². The molecule has 1 aromatic heterocycles. The SMILES string of the molecule is CN(C)CC1CC(=O)C2=C(C1)O[C@@H]1C(=C2)C=C[C@]2(C)[C@@H](c3ccc4ccncc4c3)CC[C@@H]12. The Hall–Kier alpha value is -2.72. The van der Waals surface area contributed by atoms with Crippen LogP contribution in [0, 0.1) is 17.3 Å². The van der Waals surface area contributed by atoms with Crippen LogP contribution in [0.2, 0.25) is 0 Å². The van der Waals surface area contributed by atoms with Crippen molar-refractivity contribution in [3.8, 4) is 0 Å². The fraction of sp³-hybridized carbons (Fsp3) is 0.448. The maximum atomic E-state index is 12.9. The number of allylic oxidation sites excluding steroid dienone is 4. The van der Waals surface area contributed by atoms with Gasteiger partial charge in [-0.2, -0.15) is 0 Å². The number of hydrogen-bond donors (Lipinski definition) is 0. The van der Waals surface area contributed by atoms with Gasteiger partial charge in [0.05, 0.1) is 5.57 Å². The number of hydrogen-bond acceptors (Lipinski definition) is 4. The van der Waals surface area contributed by atoms with Crippen molar-refractivity contribution in [1.29, 1.82) is 0 Å². The van der Waals surface area contributed by atoms with Crippen molar-refractivity contribution in [3.05, 3.63) is 77.4 Å². The minimum absolute atomic E-state index is 0.0394. The van der Waals surface area contributed by atoms with Crippen LogP contribution in [0.3, 0.4) is 0 Å². The second kappa shape index (κ2) is 7.66. The van der Waals surface area contributed by atoms with Gasteiger partial charge in [0.2, 0.25) is 0 Å². The van der Waals surface area contributed by atoms with Crippen molar-refractivity contribution in [2.24, 2.45) is 17.3 Å². The first-order valence-electron chi connectivity index (χ1n) is 12.2. The average molecular weight is 441 g/mol. The van der Waals surface area contributed by atoms with Crippen LogP contribution in [-0.2, 0) is 9.53 Å². The molecule has 4 heteroatoms. The molecule has 6 rings (SSSR count). The number of ether oxygens (including phenoxy) is 1. The van der Waals surface area contributed by atoms with E-state index < -0.39 is 0 Å². The predicted octanol–water partition coefficient (Wildman–Crippen LogP) is 5.42. The number of Topliss-reactive ketones (excluding diaryl/α,β-unsaturated/α-hetero) is 1. The highest BCUT2D eigenvalue weighted by Gasteiger charge is 2.53. The highest BCUT2D eigenvalue weighted by Crippen LogP contribution is 2.59. The lowest BCUT2D eigenvalue weighted by molar-refractivity contribution is -0.117. The van der Waals surface area contributed by atoms with Crippen LogP contribution in [0.15, 0.2) is 71.8 Å². The molecule has 5 atom stereocenters. The number of rotatable bonds is 3. The van der Waals surface area contributed by atoms with E-state index in [1.54, 1.807) is 0 Å². The van der Waals surface area contributed by atoms with E-state index in [1.165, 1.54) is 21.9 Å². The number of nitrogens with zero attached hydrogens (tertiary/aromatic N) is 2. The Morgan fingerprint density at radius 1 is 1.15 bits per heavy atom. The minimum Gasteiger partial charge on any atom is -0.489 e. The van der Waals surface area contributed by atoms with E-state index in [0.717, 1.165) is 37.1 Å². The zero-order chi connectivity index (χ0) is 22.7. The van der Waals surface area contributed by atoms with Crippen LogP contribution in [0.5, 0.6) is 0 Å². The van der Waals surface area contributed by atoms with E-state index in [-0.39, 0.29) is 17.3 Å². The molecular formula is C29H32N2O2. The third-order valence-corrected chi connectivity index (χ3v) is 8.46. The molecule has 1 unspecified atom stereocenters. The van der Waals surface area contributed by atoms with Crippen molar-refractivity contribution >= 4 is 16.6 Å². The molecule has 4 nitrogen and oxygen atoms in total. The number of benzene rings is 1. The van der Waals surface area contributed by atoms with E-state index in [1.807, 2.05) is 12.4 Å². The van der Waals surface area contributed by atoms with Gasteiger partial charge in [-0.15, -0.1) is 0 Å². The molecule has 1 fully saturated rings. The van der Waals surface area contributed by atoms with E-state index in [9.17, 15) is 4.79 Å². The lowest BCUT2D eigenvalue weighted by Gasteiger charge is -2.45. The van der Waals surface area contributed by atoms with Gasteiger partial charge in [-0.25, -0.2) is 0 Å². The predicted molar refractivity (Wildman–Crippen MR) is 131 cm³/mol. The topological polar surface area (TPSA) is 42.4 Å². The summed E-state index contributed by atoms with van der Waals surface area (Å²) in [5.41, 5.74) is 3.43. The molecule has 0 radical (unpaired) electrons. The fourth-order valence-electron chi connectivity index (χ4n) is 6.88. The average Bonchev–Trinajstić information content (AvgIpc) is 3.15. The van der Waals surface area contributed by atoms with Gasteiger partial charge in [0.25, 0.3) is 0 Å². The van der Waals surface area contributed by atoms with Gasteiger partial charge in [0, 0.05) is 43.1 Å². The summed E-state index contributed by atoms with van der Waals surface area (Å²) in [7, 11) is 4.15. The van der Waals surface area contributed by atoms with Gasteiger partial charge in [-0.3, -0.25) is 9.78 Å². The van der Waals surface area contributed by atoms with Crippen LogP contribution in [-0.4, -0.2) is 42.4 Å². The Labute approximate surface area is 196 Å². The van der Waals surface area contributed by atoms with Crippen LogP contribution in [0.1, 0.15) is 44.1 Å². The van der Waals surface area contributed by atoms with Crippen molar-refractivity contribution in [2.45, 2.75) is 44.6 Å². The summed E-state index contributed by atoms with van der Waals surface area (Å²) >= 11 is 0. The highest BCUT2D eigenvalue weighted by atomic mass is 16.5. The Bertz CT molecular complexity index is 1220. The molecule has 4 aliphatic rings. The smallest absolute Gasteiger partial charge is 0.166 e. The molecule has 1 aliphatic heterocycles. The molecule has 3 aliphatic carbocycles. The Balaban J connectivity index is 1.31. The zero-order valence-electron chi connectivity index (χ0n) is 19.8. The van der Waals surface area contributed by atoms with Gasteiger partial charge >= 0.3 is 0 Å². The summed E-state index contributed by atoms with van der Waals surface area (Å²) in [6.07, 6.45) is 14.4. The number of carbonyl (C=O) groups excluding carboxylic acids is 1. The van der Waals surface area contributed by atoms with Crippen molar-refractivity contribution < 1.29 is 9.53 Å². The number of aromatic nitrogens is 1. The second-order valence-corrected chi connectivity index (χ2v) is 10.9. The molecule has 0 amide bonds. The molecule has 170 valence electrons. The number of ketones is 1. The normalized spacial score (nSPS) is 33.0. The van der Waals surface area contributed by atoms with Gasteiger partial charge in [0.1, 0.15) is 11.9 Å². The summed E-state index contributed by atoms with van der Waals surface area (Å²) < 4.78 is 6.72. The third-order valence-electron chi connectivity index (χ3n) is 8.46. The van der Waals surface area contributed by atoms with E-state index >= 15 is 0 Å². The molecule has 2 heterocycles. The Morgan fingerprint density at radius 3 is 2.88 bits per heavy atom. The monoisotopic (exact) mass is 440 g/mol. The van der Waals surface area contributed by atoms with Crippen molar-refractivity contribution in [1.82, 2.24) is 9.88 Å². The molecule has 33 heavy (non-hydrogen) atoms. The lowest BCUT2D eigenvalue weighted by Crippen LogP contribution is -2.41. The van der Waals surface area contributed by atoms with Gasteiger partial charge in [-0.05, 0) is 78.9 Å². The summed E-state index contributed by atoms with van der Waals surface area (Å²) in [6.45, 7) is 3.33. The van der Waals surface area contributed by atoms with E-state index in [2.05, 4.69) is 73.4 Å². The van der Waals surface area contributed by atoms with Crippen molar-refractivity contribution in [2.75, 3.05) is 20.6 Å². The van der Waals surface area contributed by atoms with Crippen LogP contribution >= 0.6 is 0 Å². The second-order valence-electron chi connectivity index (χ2n) is 10.9. The first kappa shape index (κ1) is 20.9.